The maximum absolute atomic E-state index is 12.1. The predicted molar refractivity (Wildman–Crippen MR) is 70.5 cm³/mol. The fraction of sp³-hybridized carbons (Fsp3) is 0.692. The Labute approximate surface area is 108 Å². The number of hydrogen-bond acceptors (Lipinski definition) is 3. The first-order chi connectivity index (χ1) is 8.58. The SMILES string of the molecule is Cc1cc(C(=O)NC(C)C2CCNCC2)n(C)n1. The van der Waals surface area contributed by atoms with Crippen LogP contribution < -0.4 is 10.6 Å². The number of nitrogens with zero attached hydrogens (tertiary/aromatic N) is 2. The molecule has 5 nitrogen and oxygen atoms in total. The van der Waals surface area contributed by atoms with Crippen LogP contribution >= 0.6 is 0 Å². The minimum atomic E-state index is -0.0240. The quantitative estimate of drug-likeness (QED) is 0.836. The van der Waals surface area contributed by atoms with Crippen LogP contribution in [-0.4, -0.2) is 34.8 Å². The molecule has 1 fully saturated rings. The second-order valence-corrected chi connectivity index (χ2v) is 5.14. The van der Waals surface area contributed by atoms with E-state index in [1.807, 2.05) is 13.0 Å². The maximum atomic E-state index is 12.1. The lowest BCUT2D eigenvalue weighted by atomic mass is 9.91. The number of rotatable bonds is 3. The zero-order valence-corrected chi connectivity index (χ0v) is 11.4. The molecule has 1 aliphatic rings. The number of nitrogens with one attached hydrogen (secondary N) is 2. The molecule has 1 atom stereocenters. The van der Waals surface area contributed by atoms with E-state index in [1.54, 1.807) is 11.7 Å². The first-order valence-electron chi connectivity index (χ1n) is 6.60. The molecule has 1 aliphatic heterocycles. The topological polar surface area (TPSA) is 59.0 Å². The number of aromatic nitrogens is 2. The molecule has 1 saturated heterocycles. The highest BCUT2D eigenvalue weighted by Gasteiger charge is 2.22. The summed E-state index contributed by atoms with van der Waals surface area (Å²) in [5, 5.41) is 10.6. The van der Waals surface area contributed by atoms with Gasteiger partial charge in [-0.15, -0.1) is 0 Å². The van der Waals surface area contributed by atoms with Crippen molar-refractivity contribution in [3.05, 3.63) is 17.5 Å². The van der Waals surface area contributed by atoms with E-state index >= 15 is 0 Å². The van der Waals surface area contributed by atoms with Crippen LogP contribution in [-0.2, 0) is 7.05 Å². The van der Waals surface area contributed by atoms with E-state index in [4.69, 9.17) is 0 Å². The first kappa shape index (κ1) is 13.1. The second-order valence-electron chi connectivity index (χ2n) is 5.14. The molecule has 1 unspecified atom stereocenters. The van der Waals surface area contributed by atoms with Gasteiger partial charge in [0, 0.05) is 13.1 Å². The summed E-state index contributed by atoms with van der Waals surface area (Å²) >= 11 is 0. The summed E-state index contributed by atoms with van der Waals surface area (Å²) < 4.78 is 1.64. The highest BCUT2D eigenvalue weighted by Crippen LogP contribution is 2.16. The molecule has 0 spiro atoms. The fourth-order valence-corrected chi connectivity index (χ4v) is 2.57. The van der Waals surface area contributed by atoms with E-state index in [0.29, 0.717) is 11.6 Å². The van der Waals surface area contributed by atoms with E-state index < -0.39 is 0 Å². The molecule has 1 amide bonds. The van der Waals surface area contributed by atoms with Gasteiger partial charge in [0.1, 0.15) is 5.69 Å². The highest BCUT2D eigenvalue weighted by molar-refractivity contribution is 5.92. The van der Waals surface area contributed by atoms with Gasteiger partial charge in [-0.05, 0) is 51.8 Å². The third-order valence-electron chi connectivity index (χ3n) is 3.68. The second kappa shape index (κ2) is 5.52. The third kappa shape index (κ3) is 2.90. The van der Waals surface area contributed by atoms with Gasteiger partial charge >= 0.3 is 0 Å². The van der Waals surface area contributed by atoms with Gasteiger partial charge < -0.3 is 10.6 Å². The van der Waals surface area contributed by atoms with Gasteiger partial charge in [0.25, 0.3) is 5.91 Å². The lowest BCUT2D eigenvalue weighted by Crippen LogP contribution is -2.43. The van der Waals surface area contributed by atoms with Crippen molar-refractivity contribution in [1.29, 1.82) is 0 Å². The van der Waals surface area contributed by atoms with Gasteiger partial charge in [-0.2, -0.15) is 5.10 Å². The van der Waals surface area contributed by atoms with Crippen LogP contribution in [0.4, 0.5) is 0 Å². The Morgan fingerprint density at radius 3 is 2.78 bits per heavy atom. The van der Waals surface area contributed by atoms with Crippen LogP contribution in [0.3, 0.4) is 0 Å². The average Bonchev–Trinajstić information content (AvgIpc) is 2.69. The zero-order chi connectivity index (χ0) is 13.1. The summed E-state index contributed by atoms with van der Waals surface area (Å²) in [6.07, 6.45) is 2.26. The maximum Gasteiger partial charge on any atom is 0.269 e. The molecule has 2 N–H and O–H groups in total. The van der Waals surface area contributed by atoms with Gasteiger partial charge in [-0.3, -0.25) is 9.48 Å². The smallest absolute Gasteiger partial charge is 0.269 e. The summed E-state index contributed by atoms with van der Waals surface area (Å²) in [4.78, 5) is 12.1. The largest absolute Gasteiger partial charge is 0.348 e. The van der Waals surface area contributed by atoms with Crippen LogP contribution in [0.15, 0.2) is 6.07 Å². The van der Waals surface area contributed by atoms with Crippen LogP contribution in [0.1, 0.15) is 35.9 Å². The van der Waals surface area contributed by atoms with Crippen molar-refractivity contribution in [1.82, 2.24) is 20.4 Å². The molecule has 100 valence electrons. The average molecular weight is 250 g/mol. The monoisotopic (exact) mass is 250 g/mol. The predicted octanol–water partition coefficient (Wildman–Crippen LogP) is 0.846. The van der Waals surface area contributed by atoms with Gasteiger partial charge in [-0.25, -0.2) is 0 Å². The number of amides is 1. The number of piperidine rings is 1. The van der Waals surface area contributed by atoms with E-state index in [0.717, 1.165) is 31.6 Å². The number of carbonyl (C=O) groups is 1. The summed E-state index contributed by atoms with van der Waals surface area (Å²) in [5.74, 6) is 0.550. The van der Waals surface area contributed by atoms with Crippen LogP contribution in [0.2, 0.25) is 0 Å². The fourth-order valence-electron chi connectivity index (χ4n) is 2.57. The summed E-state index contributed by atoms with van der Waals surface area (Å²) in [5.41, 5.74) is 1.51. The normalized spacial score (nSPS) is 18.6. The van der Waals surface area contributed by atoms with E-state index in [2.05, 4.69) is 22.7 Å². The Morgan fingerprint density at radius 1 is 1.56 bits per heavy atom. The van der Waals surface area contributed by atoms with E-state index in [-0.39, 0.29) is 11.9 Å². The molecule has 18 heavy (non-hydrogen) atoms. The number of hydrogen-bond donors (Lipinski definition) is 2. The molecule has 2 rings (SSSR count). The van der Waals surface area contributed by atoms with Gasteiger partial charge in [0.15, 0.2) is 0 Å². The van der Waals surface area contributed by atoms with Crippen LogP contribution in [0.25, 0.3) is 0 Å². The zero-order valence-electron chi connectivity index (χ0n) is 11.4. The lowest BCUT2D eigenvalue weighted by Gasteiger charge is -2.28. The van der Waals surface area contributed by atoms with Crippen molar-refractivity contribution in [2.75, 3.05) is 13.1 Å². The van der Waals surface area contributed by atoms with Crippen molar-refractivity contribution in [3.8, 4) is 0 Å². The molecule has 0 aromatic carbocycles. The van der Waals surface area contributed by atoms with Crippen LogP contribution in [0.5, 0.6) is 0 Å². The molecule has 0 bridgehead atoms. The molecule has 0 aliphatic carbocycles. The van der Waals surface area contributed by atoms with Crippen molar-refractivity contribution in [2.24, 2.45) is 13.0 Å². The van der Waals surface area contributed by atoms with Crippen molar-refractivity contribution in [3.63, 3.8) is 0 Å². The molecular weight excluding hydrogens is 228 g/mol. The molecule has 0 saturated carbocycles. The van der Waals surface area contributed by atoms with Gasteiger partial charge in [0.05, 0.1) is 5.69 Å². The van der Waals surface area contributed by atoms with Crippen molar-refractivity contribution >= 4 is 5.91 Å². The summed E-state index contributed by atoms with van der Waals surface area (Å²) in [6.45, 7) is 6.09. The first-order valence-corrected chi connectivity index (χ1v) is 6.60. The van der Waals surface area contributed by atoms with Gasteiger partial charge in [-0.1, -0.05) is 0 Å². The minimum Gasteiger partial charge on any atom is -0.348 e. The Kier molecular flexibility index (Phi) is 4.01. The summed E-state index contributed by atoms with van der Waals surface area (Å²) in [7, 11) is 1.80. The number of aryl methyl sites for hydroxylation is 2. The minimum absolute atomic E-state index is 0.0240. The van der Waals surface area contributed by atoms with Crippen LogP contribution in [0, 0.1) is 12.8 Å². The Bertz CT molecular complexity index is 421. The standard InChI is InChI=1S/C13H22N4O/c1-9-8-12(17(3)16-9)13(18)15-10(2)11-4-6-14-7-5-11/h8,10-11,14H,4-7H2,1-3H3,(H,15,18). The molecular formula is C13H22N4O. The molecule has 0 radical (unpaired) electrons. The summed E-state index contributed by atoms with van der Waals surface area (Å²) in [6, 6.07) is 2.04. The Balaban J connectivity index is 1.96. The number of carbonyl (C=O) groups excluding carboxylic acids is 1. The Hall–Kier alpha value is -1.36. The third-order valence-corrected chi connectivity index (χ3v) is 3.68. The molecule has 1 aromatic rings. The van der Waals surface area contributed by atoms with Crippen molar-refractivity contribution in [2.45, 2.75) is 32.7 Å². The van der Waals surface area contributed by atoms with E-state index in [9.17, 15) is 4.79 Å². The molecule has 1 aromatic heterocycles. The Morgan fingerprint density at radius 2 is 2.22 bits per heavy atom. The van der Waals surface area contributed by atoms with Gasteiger partial charge in [0.2, 0.25) is 0 Å². The highest BCUT2D eigenvalue weighted by atomic mass is 16.2. The lowest BCUT2D eigenvalue weighted by molar-refractivity contribution is 0.0911. The van der Waals surface area contributed by atoms with Crippen molar-refractivity contribution < 1.29 is 4.79 Å². The molecule has 5 heteroatoms. The van der Waals surface area contributed by atoms with E-state index in [1.165, 1.54) is 0 Å². The molecule has 2 heterocycles.